The normalized spacial score (nSPS) is 19.6. The molecule has 0 saturated carbocycles. The van der Waals surface area contributed by atoms with Crippen molar-refractivity contribution >= 4 is 29.5 Å². The molecule has 1 atom stereocenters. The lowest BCUT2D eigenvalue weighted by Crippen LogP contribution is -2.43. The molecular formula is C13H11ClN2O5. The lowest BCUT2D eigenvalue weighted by molar-refractivity contribution is -0.120. The highest BCUT2D eigenvalue weighted by Gasteiger charge is 2.31. The van der Waals surface area contributed by atoms with Crippen molar-refractivity contribution < 1.29 is 24.5 Å². The summed E-state index contributed by atoms with van der Waals surface area (Å²) in [6, 6.07) is 3.30. The fourth-order valence-corrected chi connectivity index (χ4v) is 2.27. The number of aliphatic hydroxyl groups is 2. The second-order valence-corrected chi connectivity index (χ2v) is 4.69. The molecule has 2 aliphatic rings. The first-order chi connectivity index (χ1) is 10.1. The molecule has 3 N–H and O–H groups in total. The number of carbonyl (C=O) groups is 1. The van der Waals surface area contributed by atoms with Gasteiger partial charge in [0.25, 0.3) is 5.91 Å². The highest BCUT2D eigenvalue weighted by molar-refractivity contribution is 6.35. The van der Waals surface area contributed by atoms with Gasteiger partial charge in [0, 0.05) is 5.56 Å². The van der Waals surface area contributed by atoms with Gasteiger partial charge in [0.05, 0.1) is 6.61 Å². The number of benzene rings is 1. The Bertz CT molecular complexity index is 671. The molecule has 0 fully saturated rings. The van der Waals surface area contributed by atoms with Crippen LogP contribution in [0.25, 0.3) is 6.08 Å². The molecule has 0 spiro atoms. The number of nitrogens with zero attached hydrogens (tertiary/aromatic N) is 1. The molecule has 1 aromatic carbocycles. The van der Waals surface area contributed by atoms with E-state index in [1.165, 1.54) is 0 Å². The van der Waals surface area contributed by atoms with Gasteiger partial charge in [-0.15, -0.1) is 0 Å². The topological polar surface area (TPSA) is 100 Å². The van der Waals surface area contributed by atoms with Gasteiger partial charge in [0.2, 0.25) is 12.2 Å². The number of aliphatic imine (C=N–C) groups is 1. The third kappa shape index (κ3) is 2.46. The Morgan fingerprint density at radius 2 is 2.29 bits per heavy atom. The molecule has 2 heterocycles. The van der Waals surface area contributed by atoms with Crippen LogP contribution in [0.1, 0.15) is 5.56 Å². The molecule has 0 aliphatic carbocycles. The Hall–Kier alpha value is -2.09. The van der Waals surface area contributed by atoms with Gasteiger partial charge in [-0.25, -0.2) is 0 Å². The Labute approximate surface area is 124 Å². The van der Waals surface area contributed by atoms with Gasteiger partial charge in [-0.3, -0.25) is 4.79 Å². The first-order valence-corrected chi connectivity index (χ1v) is 6.51. The zero-order valence-corrected chi connectivity index (χ0v) is 11.4. The predicted molar refractivity (Wildman–Crippen MR) is 74.2 cm³/mol. The molecule has 8 heteroatoms. The summed E-state index contributed by atoms with van der Waals surface area (Å²) in [5.41, 5.74) is 0.810. The summed E-state index contributed by atoms with van der Waals surface area (Å²) in [6.45, 7) is -0.0426. The smallest absolute Gasteiger partial charge is 0.260 e. The number of hydrogen-bond acceptors (Lipinski definition) is 6. The van der Waals surface area contributed by atoms with Gasteiger partial charge in [0.1, 0.15) is 23.0 Å². The Morgan fingerprint density at radius 1 is 1.48 bits per heavy atom. The maximum Gasteiger partial charge on any atom is 0.260 e. The zero-order chi connectivity index (χ0) is 15.0. The average Bonchev–Trinajstić information content (AvgIpc) is 2.45. The maximum atomic E-state index is 11.8. The third-order valence-corrected chi connectivity index (χ3v) is 3.27. The summed E-state index contributed by atoms with van der Waals surface area (Å²) in [5, 5.41) is 20.6. The summed E-state index contributed by atoms with van der Waals surface area (Å²) in [4.78, 5) is 15.6. The van der Waals surface area contributed by atoms with E-state index in [0.717, 1.165) is 0 Å². The van der Waals surface area contributed by atoms with E-state index in [-0.39, 0.29) is 35.5 Å². The average molecular weight is 311 g/mol. The minimum Gasteiger partial charge on any atom is -0.489 e. The molecular weight excluding hydrogens is 300 g/mol. The second kappa shape index (κ2) is 5.36. The number of fused-ring (bicyclic) bond motifs is 2. The monoisotopic (exact) mass is 310 g/mol. The van der Waals surface area contributed by atoms with Crippen molar-refractivity contribution in [2.45, 2.75) is 6.35 Å². The molecule has 3 rings (SSSR count). The van der Waals surface area contributed by atoms with E-state index in [4.69, 9.17) is 26.2 Å². The van der Waals surface area contributed by atoms with E-state index in [9.17, 15) is 9.90 Å². The molecule has 21 heavy (non-hydrogen) atoms. The van der Waals surface area contributed by atoms with Crippen LogP contribution in [0.4, 0.5) is 0 Å². The molecule has 0 bridgehead atoms. The van der Waals surface area contributed by atoms with Gasteiger partial charge >= 0.3 is 0 Å². The second-order valence-electron chi connectivity index (χ2n) is 4.31. The molecule has 2 aliphatic heterocycles. The van der Waals surface area contributed by atoms with Crippen LogP contribution >= 0.6 is 11.6 Å². The van der Waals surface area contributed by atoms with Crippen LogP contribution in [-0.2, 0) is 4.79 Å². The van der Waals surface area contributed by atoms with Crippen molar-refractivity contribution in [1.29, 1.82) is 0 Å². The van der Waals surface area contributed by atoms with Crippen LogP contribution in [0.2, 0.25) is 5.02 Å². The van der Waals surface area contributed by atoms with E-state index in [2.05, 4.69) is 10.3 Å². The first kappa shape index (κ1) is 13.9. The zero-order valence-electron chi connectivity index (χ0n) is 10.7. The molecule has 7 nitrogen and oxygen atoms in total. The summed E-state index contributed by atoms with van der Waals surface area (Å²) >= 11 is 6.19. The number of amides is 1. The van der Waals surface area contributed by atoms with Crippen LogP contribution < -0.4 is 14.8 Å². The molecule has 1 amide bonds. The lowest BCUT2D eigenvalue weighted by atomic mass is 10.0. The first-order valence-electron chi connectivity index (χ1n) is 6.13. The van der Waals surface area contributed by atoms with Crippen LogP contribution in [0.3, 0.4) is 0 Å². The number of nitrogens with one attached hydrogen (secondary N) is 1. The third-order valence-electron chi connectivity index (χ3n) is 2.91. The largest absolute Gasteiger partial charge is 0.489 e. The van der Waals surface area contributed by atoms with Crippen molar-refractivity contribution in [1.82, 2.24) is 5.32 Å². The molecule has 0 saturated heterocycles. The van der Waals surface area contributed by atoms with Gasteiger partial charge in [-0.05, 0) is 18.2 Å². The quantitative estimate of drug-likeness (QED) is 0.745. The lowest BCUT2D eigenvalue weighted by Gasteiger charge is -2.25. The van der Waals surface area contributed by atoms with Crippen LogP contribution in [0.5, 0.6) is 11.5 Å². The van der Waals surface area contributed by atoms with Gasteiger partial charge in [-0.2, -0.15) is 4.99 Å². The number of aliphatic hydroxyl groups excluding tert-OH is 2. The number of rotatable bonds is 3. The van der Waals surface area contributed by atoms with Crippen molar-refractivity contribution in [3.8, 4) is 11.5 Å². The van der Waals surface area contributed by atoms with Crippen molar-refractivity contribution in [3.63, 3.8) is 0 Å². The van der Waals surface area contributed by atoms with Gasteiger partial charge < -0.3 is 25.0 Å². The number of ether oxygens (including phenoxy) is 2. The molecule has 0 aromatic heterocycles. The van der Waals surface area contributed by atoms with Crippen LogP contribution in [0, 0.1) is 0 Å². The van der Waals surface area contributed by atoms with E-state index < -0.39 is 12.3 Å². The highest BCUT2D eigenvalue weighted by Crippen LogP contribution is 2.41. The van der Waals surface area contributed by atoms with E-state index in [1.54, 1.807) is 18.2 Å². The predicted octanol–water partition coefficient (Wildman–Crippen LogP) is 0.291. The molecule has 110 valence electrons. The fourth-order valence-electron chi connectivity index (χ4n) is 2.00. The highest BCUT2D eigenvalue weighted by atomic mass is 35.5. The SMILES string of the molecule is O=C1NC(O)N=C2Oc3c(ccc(OCCO)c3Cl)C=C12. The minimum absolute atomic E-state index is 0.0000387. The molecule has 0 radical (unpaired) electrons. The van der Waals surface area contributed by atoms with Crippen molar-refractivity contribution in [2.24, 2.45) is 4.99 Å². The Balaban J connectivity index is 2.03. The summed E-state index contributed by atoms with van der Waals surface area (Å²) in [5.74, 6) is 0.161. The maximum absolute atomic E-state index is 11.8. The number of halogens is 1. The van der Waals surface area contributed by atoms with E-state index in [1.807, 2.05) is 0 Å². The van der Waals surface area contributed by atoms with Crippen LogP contribution in [0.15, 0.2) is 22.7 Å². The number of hydrogen-bond donors (Lipinski definition) is 3. The van der Waals surface area contributed by atoms with Crippen LogP contribution in [-0.4, -0.2) is 41.6 Å². The Kier molecular flexibility index (Phi) is 3.54. The van der Waals surface area contributed by atoms with Gasteiger partial charge in [-0.1, -0.05) is 11.6 Å². The Morgan fingerprint density at radius 3 is 3.05 bits per heavy atom. The van der Waals surface area contributed by atoms with E-state index >= 15 is 0 Å². The van der Waals surface area contributed by atoms with Gasteiger partial charge in [0.15, 0.2) is 5.75 Å². The number of carbonyl (C=O) groups excluding carboxylic acids is 1. The van der Waals surface area contributed by atoms with Crippen molar-refractivity contribution in [2.75, 3.05) is 13.2 Å². The minimum atomic E-state index is -1.35. The summed E-state index contributed by atoms with van der Waals surface area (Å²) < 4.78 is 10.8. The van der Waals surface area contributed by atoms with E-state index in [0.29, 0.717) is 11.3 Å². The standard InChI is InChI=1S/C13H11ClN2O5/c14-9-8(20-4-3-17)2-1-6-5-7-11(18)15-13(19)16-12(7)21-10(6)9/h1-2,5,13,17,19H,3-4H2,(H,15,18). The fraction of sp³-hybridized carbons (Fsp3) is 0.231. The van der Waals surface area contributed by atoms with Crippen molar-refractivity contribution in [3.05, 3.63) is 28.3 Å². The molecule has 1 aromatic rings. The summed E-state index contributed by atoms with van der Waals surface area (Å²) in [6.07, 6.45) is 0.222. The molecule has 1 unspecified atom stereocenters. The summed E-state index contributed by atoms with van der Waals surface area (Å²) in [7, 11) is 0.